The molecular formula is C28H31N5O7S2. The molecule has 0 aliphatic carbocycles. The van der Waals surface area contributed by atoms with Gasteiger partial charge in [0.05, 0.1) is 41.5 Å². The highest BCUT2D eigenvalue weighted by Gasteiger charge is 2.27. The Balaban J connectivity index is 1.58. The van der Waals surface area contributed by atoms with E-state index >= 15 is 0 Å². The van der Waals surface area contributed by atoms with Crippen molar-refractivity contribution in [3.8, 4) is 5.75 Å². The summed E-state index contributed by atoms with van der Waals surface area (Å²) in [4.78, 5) is 26.8. The van der Waals surface area contributed by atoms with Crippen LogP contribution in [0.15, 0.2) is 81.6 Å². The number of hydrogen-bond donors (Lipinski definition) is 1. The van der Waals surface area contributed by atoms with Crippen LogP contribution < -0.4 is 19.4 Å². The van der Waals surface area contributed by atoms with Gasteiger partial charge in [0, 0.05) is 41.4 Å². The highest BCUT2D eigenvalue weighted by molar-refractivity contribution is 7.98. The number of ether oxygens (including phenoxy) is 2. The average Bonchev–Trinajstić information content (AvgIpc) is 3.01. The minimum absolute atomic E-state index is 0.0252. The van der Waals surface area contributed by atoms with E-state index in [9.17, 15) is 23.3 Å². The van der Waals surface area contributed by atoms with Crippen molar-refractivity contribution in [2.75, 3.05) is 54.9 Å². The van der Waals surface area contributed by atoms with Gasteiger partial charge in [-0.1, -0.05) is 0 Å². The molecule has 0 unspecified atom stereocenters. The number of nitrogens with one attached hydrogen (secondary N) is 1. The third kappa shape index (κ3) is 7.57. The van der Waals surface area contributed by atoms with E-state index in [1.165, 1.54) is 42.2 Å². The number of nitro benzene ring substituents is 1. The maximum atomic E-state index is 13.7. The summed E-state index contributed by atoms with van der Waals surface area (Å²) < 4.78 is 39.2. The van der Waals surface area contributed by atoms with Gasteiger partial charge in [0.15, 0.2) is 0 Å². The van der Waals surface area contributed by atoms with Crippen LogP contribution in [0.3, 0.4) is 0 Å². The number of hydrogen-bond acceptors (Lipinski definition) is 10. The monoisotopic (exact) mass is 613 g/mol. The first-order valence-corrected chi connectivity index (χ1v) is 15.7. The first kappa shape index (κ1) is 30.8. The van der Waals surface area contributed by atoms with Gasteiger partial charge in [0.2, 0.25) is 0 Å². The van der Waals surface area contributed by atoms with E-state index in [4.69, 9.17) is 9.47 Å². The Morgan fingerprint density at radius 3 is 2.45 bits per heavy atom. The van der Waals surface area contributed by atoms with E-state index in [-0.39, 0.29) is 16.3 Å². The zero-order valence-electron chi connectivity index (χ0n) is 23.1. The van der Waals surface area contributed by atoms with Crippen molar-refractivity contribution in [1.29, 1.82) is 0 Å². The molecule has 0 atom stereocenters. The summed E-state index contributed by atoms with van der Waals surface area (Å²) >= 11 is 1.48. The molecule has 42 heavy (non-hydrogen) atoms. The number of benzene rings is 3. The standard InChI is InChI=1S/C28H31N5O7S2/c1-3-40-24-7-4-22(5-8-24)32(42(37,38)26-11-9-25(41-2)10-12-26)20-28(34)30-29-19-21-18-23(33(35)36)6-13-27(21)31-14-16-39-17-15-31/h4-13,18-19H,3,14-17,20H2,1-2H3,(H,30,34)/b29-19-. The topological polar surface area (TPSA) is 144 Å². The Kier molecular flexibility index (Phi) is 10.4. The smallest absolute Gasteiger partial charge is 0.270 e. The van der Waals surface area contributed by atoms with Gasteiger partial charge in [-0.15, -0.1) is 11.8 Å². The van der Waals surface area contributed by atoms with Gasteiger partial charge in [-0.05, 0) is 67.8 Å². The number of morpholine rings is 1. The Bertz CT molecular complexity index is 1530. The molecule has 1 N–H and O–H groups in total. The molecule has 0 saturated carbocycles. The lowest BCUT2D eigenvalue weighted by Crippen LogP contribution is -2.39. The van der Waals surface area contributed by atoms with Crippen LogP contribution >= 0.6 is 11.8 Å². The van der Waals surface area contributed by atoms with Crippen molar-refractivity contribution < 1.29 is 27.6 Å². The van der Waals surface area contributed by atoms with Gasteiger partial charge >= 0.3 is 0 Å². The minimum atomic E-state index is -4.14. The van der Waals surface area contributed by atoms with Gasteiger partial charge in [-0.25, -0.2) is 13.8 Å². The number of carbonyl (C=O) groups excluding carboxylic acids is 1. The Labute approximate surface area is 248 Å². The number of nitro groups is 1. The molecule has 0 spiro atoms. The van der Waals surface area contributed by atoms with Crippen LogP contribution in [0.5, 0.6) is 5.75 Å². The summed E-state index contributed by atoms with van der Waals surface area (Å²) in [5.41, 5.74) is 3.64. The number of non-ortho nitro benzene ring substituents is 1. The molecule has 14 heteroatoms. The number of amides is 1. The second-order valence-corrected chi connectivity index (χ2v) is 11.7. The van der Waals surface area contributed by atoms with Crippen molar-refractivity contribution in [2.45, 2.75) is 16.7 Å². The van der Waals surface area contributed by atoms with Crippen molar-refractivity contribution in [3.05, 3.63) is 82.4 Å². The number of anilines is 2. The molecule has 1 saturated heterocycles. The Morgan fingerprint density at radius 2 is 1.83 bits per heavy atom. The Hall–Kier alpha value is -4.14. The fraction of sp³-hybridized carbons (Fsp3) is 0.286. The summed E-state index contributed by atoms with van der Waals surface area (Å²) in [6, 6.07) is 17.2. The minimum Gasteiger partial charge on any atom is -0.494 e. The van der Waals surface area contributed by atoms with E-state index in [1.54, 1.807) is 42.5 Å². The van der Waals surface area contributed by atoms with E-state index in [0.29, 0.717) is 49.9 Å². The molecule has 3 aromatic carbocycles. The van der Waals surface area contributed by atoms with Crippen LogP contribution in [0, 0.1) is 10.1 Å². The predicted octanol–water partition coefficient (Wildman–Crippen LogP) is 3.90. The second kappa shape index (κ2) is 14.2. The zero-order valence-corrected chi connectivity index (χ0v) is 24.8. The molecule has 4 rings (SSSR count). The van der Waals surface area contributed by atoms with Crippen LogP contribution in [0.4, 0.5) is 17.1 Å². The fourth-order valence-electron chi connectivity index (χ4n) is 4.26. The van der Waals surface area contributed by atoms with E-state index < -0.39 is 27.4 Å². The van der Waals surface area contributed by atoms with Crippen molar-refractivity contribution in [2.24, 2.45) is 5.10 Å². The lowest BCUT2D eigenvalue weighted by atomic mass is 10.1. The Morgan fingerprint density at radius 1 is 1.14 bits per heavy atom. The number of sulfonamides is 1. The normalized spacial score (nSPS) is 13.6. The third-order valence-electron chi connectivity index (χ3n) is 6.34. The molecule has 1 aliphatic rings. The molecule has 0 radical (unpaired) electrons. The molecular weight excluding hydrogens is 582 g/mol. The second-order valence-electron chi connectivity index (χ2n) is 9.01. The zero-order chi connectivity index (χ0) is 30.1. The van der Waals surface area contributed by atoms with Crippen molar-refractivity contribution in [1.82, 2.24) is 5.43 Å². The molecule has 12 nitrogen and oxygen atoms in total. The predicted molar refractivity (Wildman–Crippen MR) is 162 cm³/mol. The fourth-order valence-corrected chi connectivity index (χ4v) is 6.09. The van der Waals surface area contributed by atoms with Crippen LogP contribution in [0.1, 0.15) is 12.5 Å². The van der Waals surface area contributed by atoms with E-state index in [2.05, 4.69) is 10.5 Å². The number of hydrazone groups is 1. The molecule has 1 amide bonds. The molecule has 3 aromatic rings. The summed E-state index contributed by atoms with van der Waals surface area (Å²) in [5, 5.41) is 15.4. The van der Waals surface area contributed by atoms with Gasteiger partial charge in [0.1, 0.15) is 12.3 Å². The summed E-state index contributed by atoms with van der Waals surface area (Å²) in [5.74, 6) is -0.146. The summed E-state index contributed by atoms with van der Waals surface area (Å²) in [7, 11) is -4.14. The van der Waals surface area contributed by atoms with Gasteiger partial charge in [0.25, 0.3) is 21.6 Å². The highest BCUT2D eigenvalue weighted by atomic mass is 32.2. The number of thioether (sulfide) groups is 1. The largest absolute Gasteiger partial charge is 0.494 e. The third-order valence-corrected chi connectivity index (χ3v) is 8.87. The maximum absolute atomic E-state index is 13.7. The van der Waals surface area contributed by atoms with Gasteiger partial charge in [-0.3, -0.25) is 19.2 Å². The molecule has 0 bridgehead atoms. The van der Waals surface area contributed by atoms with Crippen LogP contribution in [0.25, 0.3) is 0 Å². The first-order chi connectivity index (χ1) is 20.2. The number of nitrogens with zero attached hydrogens (tertiary/aromatic N) is 4. The SMILES string of the molecule is CCOc1ccc(N(CC(=O)N/N=C\c2cc([N+](=O)[O-])ccc2N2CCOCC2)S(=O)(=O)c2ccc(SC)cc2)cc1. The van der Waals surface area contributed by atoms with Gasteiger partial charge < -0.3 is 14.4 Å². The number of carbonyl (C=O) groups is 1. The molecule has 0 aromatic heterocycles. The van der Waals surface area contributed by atoms with E-state index in [0.717, 1.165) is 9.20 Å². The molecule has 1 aliphatic heterocycles. The first-order valence-electron chi connectivity index (χ1n) is 13.1. The molecule has 1 fully saturated rings. The van der Waals surface area contributed by atoms with Gasteiger partial charge in [-0.2, -0.15) is 5.10 Å². The summed E-state index contributed by atoms with van der Waals surface area (Å²) in [6.45, 7) is 3.94. The van der Waals surface area contributed by atoms with Crippen molar-refractivity contribution >= 4 is 51.0 Å². The lowest BCUT2D eigenvalue weighted by Gasteiger charge is -2.29. The molecule has 1 heterocycles. The van der Waals surface area contributed by atoms with Crippen LogP contribution in [-0.2, 0) is 19.6 Å². The average molecular weight is 614 g/mol. The van der Waals surface area contributed by atoms with Crippen molar-refractivity contribution in [3.63, 3.8) is 0 Å². The number of rotatable bonds is 12. The maximum Gasteiger partial charge on any atom is 0.270 e. The van der Waals surface area contributed by atoms with Crippen LogP contribution in [-0.4, -0.2) is 71.2 Å². The molecule has 222 valence electrons. The lowest BCUT2D eigenvalue weighted by molar-refractivity contribution is -0.384. The van der Waals surface area contributed by atoms with E-state index in [1.807, 2.05) is 18.1 Å². The van der Waals surface area contributed by atoms with Crippen LogP contribution in [0.2, 0.25) is 0 Å². The summed E-state index contributed by atoms with van der Waals surface area (Å²) in [6.07, 6.45) is 3.20. The highest BCUT2D eigenvalue weighted by Crippen LogP contribution is 2.28. The quantitative estimate of drug-likeness (QED) is 0.139.